The Bertz CT molecular complexity index is 305. The third-order valence-corrected chi connectivity index (χ3v) is 6.05. The lowest BCUT2D eigenvalue weighted by Gasteiger charge is -2.47. The highest BCUT2D eigenvalue weighted by molar-refractivity contribution is 5.93. The van der Waals surface area contributed by atoms with E-state index in [9.17, 15) is 4.79 Å². The summed E-state index contributed by atoms with van der Waals surface area (Å²) in [5.74, 6) is 1.03. The molecule has 0 heterocycles. The summed E-state index contributed by atoms with van der Waals surface area (Å²) in [7, 11) is 0. The van der Waals surface area contributed by atoms with E-state index in [1.54, 1.807) is 0 Å². The molecule has 0 aromatic rings. The molecule has 1 heteroatoms. The first-order chi connectivity index (χ1) is 7.27. The van der Waals surface area contributed by atoms with Crippen LogP contribution in [0.3, 0.4) is 0 Å². The predicted octanol–water partition coefficient (Wildman–Crippen LogP) is 4.21. The van der Waals surface area contributed by atoms with Crippen LogP contribution in [0.5, 0.6) is 0 Å². The molecule has 0 bridgehead atoms. The smallest absolute Gasteiger partial charge is 0.144 e. The van der Waals surface area contributed by atoms with Gasteiger partial charge in [-0.25, -0.2) is 0 Å². The molecule has 92 valence electrons. The Kier molecular flexibility index (Phi) is 2.53. The second-order valence-electron chi connectivity index (χ2n) is 7.11. The van der Waals surface area contributed by atoms with Gasteiger partial charge in [0.05, 0.1) is 0 Å². The van der Waals surface area contributed by atoms with E-state index in [4.69, 9.17) is 0 Å². The number of hydrogen-bond donors (Lipinski definition) is 0. The summed E-state index contributed by atoms with van der Waals surface area (Å²) in [5.41, 5.74) is 0.0447. The van der Waals surface area contributed by atoms with Gasteiger partial charge in [0.1, 0.15) is 5.78 Å². The van der Waals surface area contributed by atoms with Crippen molar-refractivity contribution in [3.8, 4) is 0 Å². The van der Waals surface area contributed by atoms with Gasteiger partial charge < -0.3 is 0 Å². The zero-order valence-corrected chi connectivity index (χ0v) is 11.5. The molecular weight excluding hydrogens is 196 g/mol. The maximum atomic E-state index is 12.6. The summed E-state index contributed by atoms with van der Waals surface area (Å²) in [5, 5.41) is 0. The number of carbonyl (C=O) groups is 1. The van der Waals surface area contributed by atoms with Crippen molar-refractivity contribution in [3.63, 3.8) is 0 Å². The third kappa shape index (κ3) is 1.21. The number of Topliss-reactive ketones (excluding diaryl/α,β-unsaturated/α-hetero) is 1. The SMILES string of the molecule is CC1C(C)(C)C(=O)C(C)(C)C12CCCCC2. The molecule has 0 N–H and O–H groups in total. The molecule has 0 saturated heterocycles. The van der Waals surface area contributed by atoms with E-state index >= 15 is 0 Å². The van der Waals surface area contributed by atoms with E-state index in [0.29, 0.717) is 11.7 Å². The first-order valence-electron chi connectivity index (χ1n) is 6.82. The van der Waals surface area contributed by atoms with Gasteiger partial charge in [-0.2, -0.15) is 0 Å². The summed E-state index contributed by atoms with van der Waals surface area (Å²) in [6.45, 7) is 11.0. The zero-order valence-electron chi connectivity index (χ0n) is 11.5. The molecule has 2 saturated carbocycles. The van der Waals surface area contributed by atoms with E-state index in [2.05, 4.69) is 34.6 Å². The van der Waals surface area contributed by atoms with Crippen molar-refractivity contribution in [1.82, 2.24) is 0 Å². The highest BCUT2D eigenvalue weighted by Crippen LogP contribution is 2.66. The maximum absolute atomic E-state index is 12.6. The van der Waals surface area contributed by atoms with Gasteiger partial charge in [0, 0.05) is 10.8 Å². The molecule has 1 atom stereocenters. The summed E-state index contributed by atoms with van der Waals surface area (Å²) in [6.07, 6.45) is 6.51. The Morgan fingerprint density at radius 1 is 1.00 bits per heavy atom. The standard InChI is InChI=1S/C15H26O/c1-11-13(2,3)12(16)14(4,5)15(11)9-7-6-8-10-15/h11H,6-10H2,1-5H3. The van der Waals surface area contributed by atoms with Crippen LogP contribution in [0.15, 0.2) is 0 Å². The van der Waals surface area contributed by atoms with Gasteiger partial charge in [0.25, 0.3) is 0 Å². The molecule has 1 spiro atoms. The van der Waals surface area contributed by atoms with Crippen LogP contribution in [0, 0.1) is 22.2 Å². The minimum Gasteiger partial charge on any atom is -0.298 e. The largest absolute Gasteiger partial charge is 0.298 e. The monoisotopic (exact) mass is 222 g/mol. The van der Waals surface area contributed by atoms with Gasteiger partial charge >= 0.3 is 0 Å². The zero-order chi connectivity index (χ0) is 12.2. The molecule has 0 radical (unpaired) electrons. The summed E-state index contributed by atoms with van der Waals surface area (Å²) in [6, 6.07) is 0. The summed E-state index contributed by atoms with van der Waals surface area (Å²) >= 11 is 0. The third-order valence-electron chi connectivity index (χ3n) is 6.05. The Morgan fingerprint density at radius 2 is 1.50 bits per heavy atom. The summed E-state index contributed by atoms with van der Waals surface area (Å²) < 4.78 is 0. The molecule has 16 heavy (non-hydrogen) atoms. The summed E-state index contributed by atoms with van der Waals surface area (Å²) in [4.78, 5) is 12.6. The van der Waals surface area contributed by atoms with E-state index in [1.165, 1.54) is 32.1 Å². The highest BCUT2D eigenvalue weighted by Gasteiger charge is 2.65. The van der Waals surface area contributed by atoms with Gasteiger partial charge in [-0.1, -0.05) is 53.9 Å². The van der Waals surface area contributed by atoms with Crippen LogP contribution in [0.1, 0.15) is 66.7 Å². The topological polar surface area (TPSA) is 17.1 Å². The van der Waals surface area contributed by atoms with Gasteiger partial charge in [0.15, 0.2) is 0 Å². The molecule has 2 rings (SSSR count). The van der Waals surface area contributed by atoms with E-state index in [-0.39, 0.29) is 16.2 Å². The minimum absolute atomic E-state index is 0.115. The van der Waals surface area contributed by atoms with Gasteiger partial charge in [-0.15, -0.1) is 0 Å². The average molecular weight is 222 g/mol. The van der Waals surface area contributed by atoms with Crippen LogP contribution in [-0.4, -0.2) is 5.78 Å². The number of hydrogen-bond acceptors (Lipinski definition) is 1. The molecule has 0 amide bonds. The lowest BCUT2D eigenvalue weighted by Crippen LogP contribution is -2.41. The normalized spacial score (nSPS) is 35.6. The molecule has 2 aliphatic rings. The van der Waals surface area contributed by atoms with Gasteiger partial charge in [0.2, 0.25) is 0 Å². The van der Waals surface area contributed by atoms with Crippen molar-refractivity contribution in [1.29, 1.82) is 0 Å². The average Bonchev–Trinajstić information content (AvgIpc) is 2.34. The van der Waals surface area contributed by atoms with Crippen molar-refractivity contribution in [2.45, 2.75) is 66.7 Å². The first kappa shape index (κ1) is 12.1. The Morgan fingerprint density at radius 3 is 1.88 bits per heavy atom. The molecule has 0 aromatic heterocycles. The maximum Gasteiger partial charge on any atom is 0.144 e. The second kappa shape index (κ2) is 3.34. The fourth-order valence-corrected chi connectivity index (χ4v) is 4.70. The van der Waals surface area contributed by atoms with Crippen molar-refractivity contribution < 1.29 is 4.79 Å². The Balaban J connectivity index is 2.48. The molecule has 0 aliphatic heterocycles. The number of carbonyl (C=O) groups excluding carboxylic acids is 1. The number of rotatable bonds is 0. The van der Waals surface area contributed by atoms with Crippen LogP contribution in [0.4, 0.5) is 0 Å². The van der Waals surface area contributed by atoms with Crippen molar-refractivity contribution in [2.75, 3.05) is 0 Å². The van der Waals surface area contributed by atoms with Crippen molar-refractivity contribution in [2.24, 2.45) is 22.2 Å². The van der Waals surface area contributed by atoms with E-state index in [1.807, 2.05) is 0 Å². The molecule has 2 aliphatic carbocycles. The van der Waals surface area contributed by atoms with Crippen LogP contribution < -0.4 is 0 Å². The minimum atomic E-state index is -0.124. The van der Waals surface area contributed by atoms with Crippen LogP contribution in [0.2, 0.25) is 0 Å². The molecule has 1 unspecified atom stereocenters. The Labute approximate surface area is 100.0 Å². The number of ketones is 1. The second-order valence-corrected chi connectivity index (χ2v) is 7.11. The van der Waals surface area contributed by atoms with Gasteiger partial charge in [-0.05, 0) is 24.2 Å². The van der Waals surface area contributed by atoms with E-state index < -0.39 is 0 Å². The predicted molar refractivity (Wildman–Crippen MR) is 67.3 cm³/mol. The van der Waals surface area contributed by atoms with Crippen molar-refractivity contribution in [3.05, 3.63) is 0 Å². The fraction of sp³-hybridized carbons (Fsp3) is 0.933. The Hall–Kier alpha value is -0.330. The van der Waals surface area contributed by atoms with E-state index in [0.717, 1.165) is 0 Å². The van der Waals surface area contributed by atoms with Crippen LogP contribution in [0.25, 0.3) is 0 Å². The first-order valence-corrected chi connectivity index (χ1v) is 6.82. The molecule has 1 nitrogen and oxygen atoms in total. The molecule has 2 fully saturated rings. The fourth-order valence-electron chi connectivity index (χ4n) is 4.70. The van der Waals surface area contributed by atoms with Crippen LogP contribution >= 0.6 is 0 Å². The highest BCUT2D eigenvalue weighted by atomic mass is 16.1. The quantitative estimate of drug-likeness (QED) is 0.600. The lowest BCUT2D eigenvalue weighted by molar-refractivity contribution is -0.133. The van der Waals surface area contributed by atoms with Gasteiger partial charge in [-0.3, -0.25) is 4.79 Å². The molecular formula is C15H26O. The molecule has 0 aromatic carbocycles. The van der Waals surface area contributed by atoms with Crippen molar-refractivity contribution >= 4 is 5.78 Å². The lowest BCUT2D eigenvalue weighted by atomic mass is 9.57. The van der Waals surface area contributed by atoms with Crippen LogP contribution in [-0.2, 0) is 4.79 Å².